The van der Waals surface area contributed by atoms with Crippen LogP contribution in [0, 0.1) is 5.82 Å². The van der Waals surface area contributed by atoms with Crippen LogP contribution in [0.3, 0.4) is 0 Å². The Morgan fingerprint density at radius 3 is 2.59 bits per heavy atom. The highest BCUT2D eigenvalue weighted by atomic mass is 32.1. The minimum Gasteiger partial charge on any atom is -0.348 e. The van der Waals surface area contributed by atoms with Gasteiger partial charge in [0.1, 0.15) is 5.82 Å². The molecule has 4 rings (SSSR count). The number of thiophene rings is 1. The lowest BCUT2D eigenvalue weighted by atomic mass is 10.0. The molecule has 5 nitrogen and oxygen atoms in total. The van der Waals surface area contributed by atoms with Crippen LogP contribution < -0.4 is 5.32 Å². The second kappa shape index (κ2) is 8.20. The van der Waals surface area contributed by atoms with Gasteiger partial charge >= 0.3 is 0 Å². The molecule has 7 heteroatoms. The summed E-state index contributed by atoms with van der Waals surface area (Å²) in [6.45, 7) is 0.140. The number of amides is 1. The Balaban J connectivity index is 1.50. The number of imidazole rings is 1. The van der Waals surface area contributed by atoms with Gasteiger partial charge < -0.3 is 9.88 Å². The van der Waals surface area contributed by atoms with Gasteiger partial charge in [-0.25, -0.2) is 9.37 Å². The van der Waals surface area contributed by atoms with E-state index in [0.717, 1.165) is 0 Å². The van der Waals surface area contributed by atoms with Gasteiger partial charge in [-0.3, -0.25) is 9.59 Å². The van der Waals surface area contributed by atoms with E-state index < -0.39 is 5.82 Å². The van der Waals surface area contributed by atoms with Crippen LogP contribution in [0.1, 0.15) is 31.2 Å². The molecule has 0 saturated heterocycles. The van der Waals surface area contributed by atoms with Gasteiger partial charge in [0.25, 0.3) is 5.91 Å². The molecule has 144 valence electrons. The standard InChI is InChI=1S/C22H16FN3O2S/c23-18-12-15(7-8-19(18)26-10-9-24-14-26)13-25-22(28)17-5-2-1-4-16(17)21(27)20-6-3-11-29-20/h1-12,14H,13H2,(H,25,28). The van der Waals surface area contributed by atoms with Crippen LogP contribution in [0.15, 0.2) is 78.7 Å². The molecule has 0 bridgehead atoms. The van der Waals surface area contributed by atoms with Crippen molar-refractivity contribution in [1.29, 1.82) is 0 Å². The third kappa shape index (κ3) is 4.00. The molecule has 0 aliphatic rings. The van der Waals surface area contributed by atoms with E-state index in [4.69, 9.17) is 0 Å². The number of hydrogen-bond acceptors (Lipinski definition) is 4. The maximum Gasteiger partial charge on any atom is 0.252 e. The summed E-state index contributed by atoms with van der Waals surface area (Å²) < 4.78 is 16.0. The first-order valence-corrected chi connectivity index (χ1v) is 9.73. The van der Waals surface area contributed by atoms with Crippen molar-refractivity contribution in [3.63, 3.8) is 0 Å². The maximum atomic E-state index is 14.4. The first kappa shape index (κ1) is 18.8. The zero-order valence-electron chi connectivity index (χ0n) is 15.2. The van der Waals surface area contributed by atoms with Gasteiger partial charge in [0.15, 0.2) is 0 Å². The smallest absolute Gasteiger partial charge is 0.252 e. The Morgan fingerprint density at radius 2 is 1.90 bits per heavy atom. The highest BCUT2D eigenvalue weighted by molar-refractivity contribution is 7.12. The number of rotatable bonds is 6. The third-order valence-electron chi connectivity index (χ3n) is 4.41. The van der Waals surface area contributed by atoms with Crippen LogP contribution in [0.5, 0.6) is 0 Å². The van der Waals surface area contributed by atoms with Gasteiger partial charge in [-0.15, -0.1) is 11.3 Å². The van der Waals surface area contributed by atoms with Gasteiger partial charge in [0.05, 0.1) is 22.5 Å². The quantitative estimate of drug-likeness (QED) is 0.488. The Hall–Kier alpha value is -3.58. The predicted molar refractivity (Wildman–Crippen MR) is 109 cm³/mol. The SMILES string of the molecule is O=C(NCc1ccc(-n2ccnc2)c(F)c1)c1ccccc1C(=O)c1cccs1. The van der Waals surface area contributed by atoms with Crippen molar-refractivity contribution in [2.75, 3.05) is 0 Å². The van der Waals surface area contributed by atoms with Crippen LogP contribution in [0.4, 0.5) is 4.39 Å². The van der Waals surface area contributed by atoms with E-state index in [0.29, 0.717) is 27.3 Å². The van der Waals surface area contributed by atoms with Gasteiger partial charge in [-0.1, -0.05) is 30.3 Å². The maximum absolute atomic E-state index is 14.4. The Kier molecular flexibility index (Phi) is 5.31. The van der Waals surface area contributed by atoms with Gasteiger partial charge in [-0.05, 0) is 35.2 Å². The van der Waals surface area contributed by atoms with E-state index in [-0.39, 0.29) is 18.2 Å². The number of carbonyl (C=O) groups excluding carboxylic acids is 2. The molecule has 0 radical (unpaired) electrons. The van der Waals surface area contributed by atoms with E-state index in [1.54, 1.807) is 65.5 Å². The Bertz CT molecular complexity index is 1150. The first-order chi connectivity index (χ1) is 14.1. The van der Waals surface area contributed by atoms with Crippen LogP contribution in [-0.4, -0.2) is 21.2 Å². The van der Waals surface area contributed by atoms with E-state index in [9.17, 15) is 14.0 Å². The Labute approximate surface area is 170 Å². The second-order valence-corrected chi connectivity index (χ2v) is 7.24. The number of carbonyl (C=O) groups is 2. The summed E-state index contributed by atoms with van der Waals surface area (Å²) in [6, 6.07) is 14.9. The van der Waals surface area contributed by atoms with E-state index >= 15 is 0 Å². The topological polar surface area (TPSA) is 64.0 Å². The highest BCUT2D eigenvalue weighted by Gasteiger charge is 2.18. The number of nitrogens with one attached hydrogen (secondary N) is 1. The monoisotopic (exact) mass is 405 g/mol. The molecule has 29 heavy (non-hydrogen) atoms. The number of aromatic nitrogens is 2. The molecular formula is C22H16FN3O2S. The van der Waals surface area contributed by atoms with E-state index in [1.807, 2.05) is 5.38 Å². The second-order valence-electron chi connectivity index (χ2n) is 6.29. The fourth-order valence-electron chi connectivity index (χ4n) is 2.97. The van der Waals surface area contributed by atoms with Crippen LogP contribution in [-0.2, 0) is 6.54 Å². The summed E-state index contributed by atoms with van der Waals surface area (Å²) in [5, 5.41) is 4.58. The van der Waals surface area contributed by atoms with Crippen molar-refractivity contribution in [1.82, 2.24) is 14.9 Å². The molecule has 1 amide bonds. The number of halogens is 1. The molecule has 0 saturated carbocycles. The molecule has 2 aromatic heterocycles. The summed E-state index contributed by atoms with van der Waals surface area (Å²) in [4.78, 5) is 29.8. The number of ketones is 1. The Morgan fingerprint density at radius 1 is 1.07 bits per heavy atom. The molecule has 0 aliphatic carbocycles. The number of benzene rings is 2. The average Bonchev–Trinajstić information content (AvgIpc) is 3.46. The lowest BCUT2D eigenvalue weighted by Gasteiger charge is -2.10. The van der Waals surface area contributed by atoms with E-state index in [2.05, 4.69) is 10.3 Å². The lowest BCUT2D eigenvalue weighted by molar-refractivity contribution is 0.0940. The summed E-state index contributed by atoms with van der Waals surface area (Å²) in [5.41, 5.74) is 1.63. The third-order valence-corrected chi connectivity index (χ3v) is 5.28. The van der Waals surface area contributed by atoms with Crippen molar-refractivity contribution in [3.8, 4) is 5.69 Å². The fraction of sp³-hybridized carbons (Fsp3) is 0.0455. The molecule has 2 heterocycles. The molecule has 0 unspecified atom stereocenters. The van der Waals surface area contributed by atoms with Crippen molar-refractivity contribution in [2.24, 2.45) is 0 Å². The van der Waals surface area contributed by atoms with Crippen molar-refractivity contribution in [3.05, 3.63) is 106 Å². The largest absolute Gasteiger partial charge is 0.348 e. The summed E-state index contributed by atoms with van der Waals surface area (Å²) >= 11 is 1.33. The molecule has 2 aromatic carbocycles. The van der Waals surface area contributed by atoms with Gasteiger partial charge in [0, 0.05) is 24.5 Å². The summed E-state index contributed by atoms with van der Waals surface area (Å²) in [7, 11) is 0. The summed E-state index contributed by atoms with van der Waals surface area (Å²) in [6.07, 6.45) is 4.74. The lowest BCUT2D eigenvalue weighted by Crippen LogP contribution is -2.25. The number of hydrogen-bond donors (Lipinski definition) is 1. The molecule has 0 aliphatic heterocycles. The van der Waals surface area contributed by atoms with Crippen LogP contribution in [0.25, 0.3) is 5.69 Å². The van der Waals surface area contributed by atoms with Crippen molar-refractivity contribution < 1.29 is 14.0 Å². The molecular weight excluding hydrogens is 389 g/mol. The average molecular weight is 405 g/mol. The molecule has 0 atom stereocenters. The fourth-order valence-corrected chi connectivity index (χ4v) is 3.65. The van der Waals surface area contributed by atoms with Crippen LogP contribution in [0.2, 0.25) is 0 Å². The molecule has 4 aromatic rings. The first-order valence-electron chi connectivity index (χ1n) is 8.85. The van der Waals surface area contributed by atoms with E-state index in [1.165, 1.54) is 23.7 Å². The minimum absolute atomic E-state index is 0.140. The molecule has 0 spiro atoms. The molecule has 1 N–H and O–H groups in total. The van der Waals surface area contributed by atoms with Gasteiger partial charge in [-0.2, -0.15) is 0 Å². The predicted octanol–water partition coefficient (Wildman–Crippen LogP) is 4.23. The van der Waals surface area contributed by atoms with Crippen molar-refractivity contribution >= 4 is 23.0 Å². The highest BCUT2D eigenvalue weighted by Crippen LogP contribution is 2.19. The summed E-state index contributed by atoms with van der Waals surface area (Å²) in [5.74, 6) is -0.992. The normalized spacial score (nSPS) is 10.7. The van der Waals surface area contributed by atoms with Gasteiger partial charge in [0.2, 0.25) is 5.78 Å². The van der Waals surface area contributed by atoms with Crippen molar-refractivity contribution in [2.45, 2.75) is 6.54 Å². The zero-order chi connectivity index (χ0) is 20.2. The molecule has 0 fully saturated rings. The minimum atomic E-state index is -0.414. The zero-order valence-corrected chi connectivity index (χ0v) is 16.0. The number of nitrogens with zero attached hydrogens (tertiary/aromatic N) is 2. The van der Waals surface area contributed by atoms with Crippen LogP contribution >= 0.6 is 11.3 Å².